The van der Waals surface area contributed by atoms with Crippen molar-refractivity contribution in [1.82, 2.24) is 0 Å². The van der Waals surface area contributed by atoms with Crippen LogP contribution in [0.2, 0.25) is 0 Å². The van der Waals surface area contributed by atoms with E-state index in [0.29, 0.717) is 0 Å². The van der Waals surface area contributed by atoms with Crippen LogP contribution in [-0.2, 0) is 9.53 Å². The van der Waals surface area contributed by atoms with E-state index < -0.39 is 0 Å². The first kappa shape index (κ1) is 12.6. The molecule has 0 unspecified atom stereocenters. The molecule has 0 aliphatic carbocycles. The summed E-state index contributed by atoms with van der Waals surface area (Å²) in [4.78, 5) is 10.4. The molecular weight excluding hydrogens is 140 g/mol. The van der Waals surface area contributed by atoms with E-state index >= 15 is 0 Å². The Hall–Kier alpha value is -1.05. The van der Waals surface area contributed by atoms with Crippen molar-refractivity contribution < 1.29 is 9.53 Å². The zero-order valence-electron chi connectivity index (χ0n) is 7.68. The van der Waals surface area contributed by atoms with Crippen LogP contribution in [0.25, 0.3) is 0 Å². The molecule has 64 valence electrons. The van der Waals surface area contributed by atoms with Crippen molar-refractivity contribution in [2.45, 2.75) is 27.7 Å². The quantitative estimate of drug-likeness (QED) is 0.464. The van der Waals surface area contributed by atoms with Gasteiger partial charge in [-0.1, -0.05) is 26.5 Å². The maximum Gasteiger partial charge on any atom is 0.194 e. The molecule has 0 aliphatic rings. The van der Waals surface area contributed by atoms with E-state index in [4.69, 9.17) is 4.74 Å². The van der Waals surface area contributed by atoms with E-state index in [1.165, 1.54) is 13.2 Å². The molecule has 11 heavy (non-hydrogen) atoms. The van der Waals surface area contributed by atoms with E-state index in [-0.39, 0.29) is 11.5 Å². The van der Waals surface area contributed by atoms with Crippen LogP contribution in [0.4, 0.5) is 0 Å². The van der Waals surface area contributed by atoms with Crippen molar-refractivity contribution in [3.63, 3.8) is 0 Å². The molecule has 0 aromatic rings. The Labute approximate surface area is 68.6 Å². The Balaban J connectivity index is 0. The lowest BCUT2D eigenvalue weighted by atomic mass is 10.4. The summed E-state index contributed by atoms with van der Waals surface area (Å²) in [5.41, 5.74) is 0. The fraction of sp³-hybridized carbons (Fsp3) is 0.444. The second-order valence-electron chi connectivity index (χ2n) is 1.57. The predicted octanol–water partition coefficient (Wildman–Crippen LogP) is 2.67. The third-order valence-corrected chi connectivity index (χ3v) is 0.739. The average Bonchev–Trinajstić information content (AvgIpc) is 2.03. The number of carbonyl (C=O) groups is 1. The van der Waals surface area contributed by atoms with Crippen molar-refractivity contribution >= 4 is 5.78 Å². The van der Waals surface area contributed by atoms with Crippen LogP contribution in [0.1, 0.15) is 27.7 Å². The van der Waals surface area contributed by atoms with Gasteiger partial charge in [0.15, 0.2) is 11.5 Å². The molecule has 0 heterocycles. The molecule has 0 rings (SSSR count). The molecule has 0 aliphatic heterocycles. The summed E-state index contributed by atoms with van der Waals surface area (Å²) in [6, 6.07) is 0. The molecule has 0 aromatic heterocycles. The maximum atomic E-state index is 10.4. The number of allylic oxidation sites excluding steroid dienone is 2. The van der Waals surface area contributed by atoms with E-state index in [9.17, 15) is 4.79 Å². The molecule has 0 N–H and O–H groups in total. The SMILES string of the molecule is C=C(O/C=C\C)C(C)=O.CC. The van der Waals surface area contributed by atoms with Crippen molar-refractivity contribution in [2.24, 2.45) is 0 Å². The number of hydrogen-bond acceptors (Lipinski definition) is 2. The summed E-state index contributed by atoms with van der Waals surface area (Å²) in [7, 11) is 0. The molecule has 2 heteroatoms. The number of carbonyl (C=O) groups excluding carboxylic acids is 1. The highest BCUT2D eigenvalue weighted by molar-refractivity contribution is 5.90. The van der Waals surface area contributed by atoms with Gasteiger partial charge in [0.05, 0.1) is 6.26 Å². The second kappa shape index (κ2) is 8.95. The number of hydrogen-bond donors (Lipinski definition) is 0. The van der Waals surface area contributed by atoms with Crippen molar-refractivity contribution in [1.29, 1.82) is 0 Å². The highest BCUT2D eigenvalue weighted by atomic mass is 16.5. The van der Waals surface area contributed by atoms with Crippen LogP contribution in [0.15, 0.2) is 24.7 Å². The molecule has 0 saturated carbocycles. The summed E-state index contributed by atoms with van der Waals surface area (Å²) in [5.74, 6) is 0.0289. The summed E-state index contributed by atoms with van der Waals surface area (Å²) < 4.78 is 4.73. The predicted molar refractivity (Wildman–Crippen MR) is 47.1 cm³/mol. The Morgan fingerprint density at radius 1 is 1.45 bits per heavy atom. The van der Waals surface area contributed by atoms with Crippen LogP contribution in [0.3, 0.4) is 0 Å². The van der Waals surface area contributed by atoms with Gasteiger partial charge >= 0.3 is 0 Å². The van der Waals surface area contributed by atoms with E-state index in [2.05, 4.69) is 6.58 Å². The third kappa shape index (κ3) is 8.95. The first-order valence-electron chi connectivity index (χ1n) is 3.66. The Morgan fingerprint density at radius 3 is 2.18 bits per heavy atom. The first-order chi connectivity index (χ1) is 5.18. The van der Waals surface area contributed by atoms with Gasteiger partial charge in [-0.15, -0.1) is 0 Å². The number of ketones is 1. The van der Waals surface area contributed by atoms with E-state index in [1.807, 2.05) is 13.8 Å². The number of Topliss-reactive ketones (excluding diaryl/α,β-unsaturated/α-hetero) is 1. The number of rotatable bonds is 3. The van der Waals surface area contributed by atoms with Crippen LogP contribution in [0, 0.1) is 0 Å². The molecule has 0 aromatic carbocycles. The lowest BCUT2D eigenvalue weighted by Gasteiger charge is -1.96. The highest BCUT2D eigenvalue weighted by Gasteiger charge is 1.96. The van der Waals surface area contributed by atoms with Gasteiger partial charge in [0.25, 0.3) is 0 Å². The summed E-state index contributed by atoms with van der Waals surface area (Å²) >= 11 is 0. The Morgan fingerprint density at radius 2 is 1.91 bits per heavy atom. The summed E-state index contributed by atoms with van der Waals surface area (Å²) in [5, 5.41) is 0. The van der Waals surface area contributed by atoms with Gasteiger partial charge in [-0.25, -0.2) is 0 Å². The van der Waals surface area contributed by atoms with Crippen LogP contribution in [0.5, 0.6) is 0 Å². The minimum absolute atomic E-state index is 0.145. The monoisotopic (exact) mass is 156 g/mol. The van der Waals surface area contributed by atoms with Crippen LogP contribution >= 0.6 is 0 Å². The Bertz CT molecular complexity index is 146. The largest absolute Gasteiger partial charge is 0.462 e. The number of ether oxygens (including phenoxy) is 1. The van der Waals surface area contributed by atoms with Crippen molar-refractivity contribution in [2.75, 3.05) is 0 Å². The minimum Gasteiger partial charge on any atom is -0.462 e. The molecule has 0 saturated heterocycles. The summed E-state index contributed by atoms with van der Waals surface area (Å²) in [6.07, 6.45) is 3.11. The minimum atomic E-state index is -0.145. The molecule has 0 spiro atoms. The van der Waals surface area contributed by atoms with Crippen LogP contribution < -0.4 is 0 Å². The maximum absolute atomic E-state index is 10.4. The molecule has 0 fully saturated rings. The molecule has 0 amide bonds. The average molecular weight is 156 g/mol. The molecule has 2 nitrogen and oxygen atoms in total. The molecule has 0 atom stereocenters. The standard InChI is InChI=1S/C7H10O2.C2H6/c1-4-5-9-7(3)6(2)8;1-2/h4-5H,3H2,1-2H3;1-2H3/b5-4-;. The van der Waals surface area contributed by atoms with Crippen LogP contribution in [-0.4, -0.2) is 5.78 Å². The van der Waals surface area contributed by atoms with Gasteiger partial charge in [0, 0.05) is 6.92 Å². The third-order valence-electron chi connectivity index (χ3n) is 0.739. The zero-order valence-corrected chi connectivity index (χ0v) is 7.68. The Kier molecular flexibility index (Phi) is 10.3. The zero-order chi connectivity index (χ0) is 9.28. The first-order valence-corrected chi connectivity index (χ1v) is 3.66. The second-order valence-corrected chi connectivity index (χ2v) is 1.57. The highest BCUT2D eigenvalue weighted by Crippen LogP contribution is 1.94. The van der Waals surface area contributed by atoms with Gasteiger partial charge < -0.3 is 4.74 Å². The smallest absolute Gasteiger partial charge is 0.194 e. The van der Waals surface area contributed by atoms with Crippen molar-refractivity contribution in [3.05, 3.63) is 24.7 Å². The fourth-order valence-corrected chi connectivity index (χ4v) is 0.233. The van der Waals surface area contributed by atoms with Crippen molar-refractivity contribution in [3.8, 4) is 0 Å². The normalized spacial score (nSPS) is 8.36. The van der Waals surface area contributed by atoms with E-state index in [0.717, 1.165) is 0 Å². The molecular formula is C9H16O2. The topological polar surface area (TPSA) is 26.3 Å². The van der Waals surface area contributed by atoms with Gasteiger partial charge in [0.2, 0.25) is 0 Å². The lowest BCUT2D eigenvalue weighted by molar-refractivity contribution is -0.116. The molecule has 0 radical (unpaired) electrons. The summed E-state index contributed by atoms with van der Waals surface area (Å²) in [6.45, 7) is 10.6. The van der Waals surface area contributed by atoms with Gasteiger partial charge in [-0.2, -0.15) is 0 Å². The fourth-order valence-electron chi connectivity index (χ4n) is 0.233. The molecule has 0 bridgehead atoms. The van der Waals surface area contributed by atoms with E-state index in [1.54, 1.807) is 13.0 Å². The lowest BCUT2D eigenvalue weighted by Crippen LogP contribution is -1.94. The van der Waals surface area contributed by atoms with Gasteiger partial charge in [0.1, 0.15) is 0 Å². The van der Waals surface area contributed by atoms with Gasteiger partial charge in [-0.3, -0.25) is 4.79 Å². The van der Waals surface area contributed by atoms with Gasteiger partial charge in [-0.05, 0) is 6.92 Å².